The Labute approximate surface area is 102 Å². The van der Waals surface area contributed by atoms with Gasteiger partial charge in [-0.2, -0.15) is 0 Å². The molecule has 3 rings (SSSR count). The number of rotatable bonds is 1. The number of carbonyl (C=O) groups excluding carboxylic acids is 1. The molecule has 2 aromatic heterocycles. The van der Waals surface area contributed by atoms with E-state index in [4.69, 9.17) is 4.74 Å². The Morgan fingerprint density at radius 1 is 1.35 bits per heavy atom. The Bertz CT molecular complexity index is 590. The number of fused-ring (bicyclic) bond motifs is 1. The van der Waals surface area contributed by atoms with Crippen LogP contribution in [0.4, 0.5) is 5.82 Å². The lowest BCUT2D eigenvalue weighted by Gasteiger charge is -2.18. The zero-order chi connectivity index (χ0) is 11.7. The molecule has 0 aromatic carbocycles. The minimum Gasteiger partial charge on any atom is -0.448 e. The molecule has 3 heterocycles. The van der Waals surface area contributed by atoms with Gasteiger partial charge in [-0.25, -0.2) is 4.98 Å². The van der Waals surface area contributed by atoms with Gasteiger partial charge in [0.05, 0.1) is 0 Å². The number of thiophene rings is 1. The molecule has 1 amide bonds. The van der Waals surface area contributed by atoms with E-state index in [1.165, 1.54) is 0 Å². The van der Waals surface area contributed by atoms with Crippen molar-refractivity contribution >= 4 is 29.1 Å². The van der Waals surface area contributed by atoms with Gasteiger partial charge in [-0.15, -0.1) is 11.3 Å². The Morgan fingerprint density at radius 3 is 3.12 bits per heavy atom. The van der Waals surface area contributed by atoms with Gasteiger partial charge in [0.25, 0.3) is 5.91 Å². The summed E-state index contributed by atoms with van der Waals surface area (Å²) in [6, 6.07) is 7.38. The van der Waals surface area contributed by atoms with E-state index in [-0.39, 0.29) is 11.7 Å². The molecule has 1 aliphatic rings. The summed E-state index contributed by atoms with van der Waals surface area (Å²) in [5.74, 6) is 1.04. The molecule has 5 heteroatoms. The van der Waals surface area contributed by atoms with Crippen LogP contribution in [0.2, 0.25) is 0 Å². The minimum absolute atomic E-state index is 0.274. The second-order valence-corrected chi connectivity index (χ2v) is 4.41. The normalized spacial score (nSPS) is 16.2. The maximum absolute atomic E-state index is 11.7. The molecule has 2 aromatic rings. The number of carbonyl (C=O) groups is 1. The Kier molecular flexibility index (Phi) is 2.38. The standard InChI is InChI=1S/C12H8N2O2S/c15-12-10(7-8-3-2-6-17-8)16-9-4-1-5-13-11(9)14-12/h1-7H,(H,13,14,15)/b10-7-. The summed E-state index contributed by atoms with van der Waals surface area (Å²) < 4.78 is 5.51. The first-order valence-electron chi connectivity index (χ1n) is 5.02. The topological polar surface area (TPSA) is 51.2 Å². The molecule has 0 radical (unpaired) electrons. The first-order chi connectivity index (χ1) is 8.33. The molecule has 4 nitrogen and oxygen atoms in total. The first-order valence-corrected chi connectivity index (χ1v) is 5.90. The van der Waals surface area contributed by atoms with Gasteiger partial charge in [0.15, 0.2) is 17.3 Å². The highest BCUT2D eigenvalue weighted by molar-refractivity contribution is 7.10. The molecule has 17 heavy (non-hydrogen) atoms. The van der Waals surface area contributed by atoms with Crippen molar-refractivity contribution in [3.63, 3.8) is 0 Å². The SMILES string of the molecule is O=C1Nc2ncccc2O/C1=C\c1cccs1. The largest absolute Gasteiger partial charge is 0.448 e. The number of ether oxygens (including phenoxy) is 1. The van der Waals surface area contributed by atoms with Gasteiger partial charge in [-0.05, 0) is 23.6 Å². The van der Waals surface area contributed by atoms with Crippen molar-refractivity contribution in [2.45, 2.75) is 0 Å². The highest BCUT2D eigenvalue weighted by Gasteiger charge is 2.22. The third kappa shape index (κ3) is 1.92. The van der Waals surface area contributed by atoms with E-state index in [1.807, 2.05) is 17.5 Å². The van der Waals surface area contributed by atoms with Crippen LogP contribution in [0.15, 0.2) is 41.6 Å². The first kappa shape index (κ1) is 10.0. The Hall–Kier alpha value is -2.14. The molecule has 0 saturated heterocycles. The molecule has 0 aliphatic carbocycles. The fourth-order valence-electron chi connectivity index (χ4n) is 1.50. The average Bonchev–Trinajstić information content (AvgIpc) is 2.83. The molecule has 1 aliphatic heterocycles. The third-order valence-electron chi connectivity index (χ3n) is 2.26. The lowest BCUT2D eigenvalue weighted by molar-refractivity contribution is -0.115. The molecular weight excluding hydrogens is 236 g/mol. The van der Waals surface area contributed by atoms with Crippen molar-refractivity contribution in [2.75, 3.05) is 5.32 Å². The number of hydrogen-bond donors (Lipinski definition) is 1. The number of anilines is 1. The number of nitrogens with zero attached hydrogens (tertiary/aromatic N) is 1. The van der Waals surface area contributed by atoms with Crippen LogP contribution in [0, 0.1) is 0 Å². The van der Waals surface area contributed by atoms with Crippen LogP contribution in [0.3, 0.4) is 0 Å². The van der Waals surface area contributed by atoms with E-state index < -0.39 is 0 Å². The molecule has 84 valence electrons. The number of pyridine rings is 1. The van der Waals surface area contributed by atoms with Crippen molar-refractivity contribution in [2.24, 2.45) is 0 Å². The summed E-state index contributed by atoms with van der Waals surface area (Å²) in [5.41, 5.74) is 0. The van der Waals surface area contributed by atoms with Gasteiger partial charge >= 0.3 is 0 Å². The third-order valence-corrected chi connectivity index (χ3v) is 3.08. The van der Waals surface area contributed by atoms with Gasteiger partial charge in [-0.3, -0.25) is 4.79 Å². The van der Waals surface area contributed by atoms with Crippen LogP contribution in [0.5, 0.6) is 5.75 Å². The lowest BCUT2D eigenvalue weighted by atomic mass is 10.3. The van der Waals surface area contributed by atoms with Gasteiger partial charge in [-0.1, -0.05) is 6.07 Å². The second kappa shape index (κ2) is 4.03. The van der Waals surface area contributed by atoms with Crippen molar-refractivity contribution < 1.29 is 9.53 Å². The molecular formula is C12H8N2O2S. The van der Waals surface area contributed by atoms with Crippen LogP contribution >= 0.6 is 11.3 Å². The van der Waals surface area contributed by atoms with Gasteiger partial charge in [0, 0.05) is 17.2 Å². The van der Waals surface area contributed by atoms with E-state index in [0.29, 0.717) is 11.6 Å². The van der Waals surface area contributed by atoms with E-state index in [9.17, 15) is 4.79 Å². The van der Waals surface area contributed by atoms with Crippen molar-refractivity contribution in [3.8, 4) is 5.75 Å². The maximum Gasteiger partial charge on any atom is 0.292 e. The Balaban J connectivity index is 1.97. The molecule has 0 unspecified atom stereocenters. The molecule has 0 fully saturated rings. The number of hydrogen-bond acceptors (Lipinski definition) is 4. The molecule has 1 N–H and O–H groups in total. The molecule has 0 atom stereocenters. The zero-order valence-corrected chi connectivity index (χ0v) is 9.53. The van der Waals surface area contributed by atoms with E-state index in [0.717, 1.165) is 4.88 Å². The van der Waals surface area contributed by atoms with Crippen molar-refractivity contribution in [3.05, 3.63) is 46.5 Å². The predicted octanol–water partition coefficient (Wildman–Crippen LogP) is 2.52. The number of nitrogens with one attached hydrogen (secondary N) is 1. The summed E-state index contributed by atoms with van der Waals surface area (Å²) in [6.45, 7) is 0. The van der Waals surface area contributed by atoms with Crippen molar-refractivity contribution in [1.29, 1.82) is 0 Å². The molecule has 0 spiro atoms. The van der Waals surface area contributed by atoms with Gasteiger partial charge < -0.3 is 10.1 Å². The monoisotopic (exact) mass is 244 g/mol. The summed E-state index contributed by atoms with van der Waals surface area (Å²) in [5, 5.41) is 4.63. The highest BCUT2D eigenvalue weighted by Crippen LogP contribution is 2.29. The highest BCUT2D eigenvalue weighted by atomic mass is 32.1. The molecule has 0 saturated carbocycles. The van der Waals surface area contributed by atoms with Crippen molar-refractivity contribution in [1.82, 2.24) is 4.98 Å². The van der Waals surface area contributed by atoms with E-state index in [1.54, 1.807) is 35.7 Å². The average molecular weight is 244 g/mol. The van der Waals surface area contributed by atoms with Crippen LogP contribution in [0.1, 0.15) is 4.88 Å². The van der Waals surface area contributed by atoms with Gasteiger partial charge in [0.1, 0.15) is 0 Å². The van der Waals surface area contributed by atoms with E-state index >= 15 is 0 Å². The summed E-state index contributed by atoms with van der Waals surface area (Å²) in [4.78, 5) is 16.7. The number of aromatic nitrogens is 1. The summed E-state index contributed by atoms with van der Waals surface area (Å²) >= 11 is 1.55. The van der Waals surface area contributed by atoms with Gasteiger partial charge in [0.2, 0.25) is 0 Å². The minimum atomic E-state index is -0.274. The lowest BCUT2D eigenvalue weighted by Crippen LogP contribution is -2.24. The Morgan fingerprint density at radius 2 is 2.29 bits per heavy atom. The quantitative estimate of drug-likeness (QED) is 0.784. The van der Waals surface area contributed by atoms with Crippen LogP contribution in [0.25, 0.3) is 6.08 Å². The smallest absolute Gasteiger partial charge is 0.292 e. The summed E-state index contributed by atoms with van der Waals surface area (Å²) in [6.07, 6.45) is 3.33. The van der Waals surface area contributed by atoms with Crippen LogP contribution in [-0.4, -0.2) is 10.9 Å². The molecule has 0 bridgehead atoms. The fourth-order valence-corrected chi connectivity index (χ4v) is 2.14. The zero-order valence-electron chi connectivity index (χ0n) is 8.71. The van der Waals surface area contributed by atoms with E-state index in [2.05, 4.69) is 10.3 Å². The van der Waals surface area contributed by atoms with Crippen LogP contribution in [-0.2, 0) is 4.79 Å². The predicted molar refractivity (Wildman–Crippen MR) is 65.8 cm³/mol. The fraction of sp³-hybridized carbons (Fsp3) is 0. The maximum atomic E-state index is 11.7. The second-order valence-electron chi connectivity index (χ2n) is 3.43. The number of amides is 1. The van der Waals surface area contributed by atoms with Crippen LogP contribution < -0.4 is 10.1 Å². The summed E-state index contributed by atoms with van der Waals surface area (Å²) in [7, 11) is 0.